The highest BCUT2D eigenvalue weighted by Crippen LogP contribution is 2.30. The number of carbonyl (C=O) groups is 1. The van der Waals surface area contributed by atoms with Crippen molar-refractivity contribution in [2.24, 2.45) is 5.92 Å². The quantitative estimate of drug-likeness (QED) is 0.742. The van der Waals surface area contributed by atoms with Gasteiger partial charge in [0.15, 0.2) is 0 Å². The lowest BCUT2D eigenvalue weighted by Gasteiger charge is -2.13. The van der Waals surface area contributed by atoms with Crippen LogP contribution in [0.3, 0.4) is 0 Å². The Balaban J connectivity index is 2.33. The molecule has 0 radical (unpaired) electrons. The molecule has 1 saturated carbocycles. The first-order chi connectivity index (χ1) is 8.28. The molecule has 2 N–H and O–H groups in total. The Hall–Kier alpha value is -0.340. The lowest BCUT2D eigenvalue weighted by atomic mass is 10.1. The van der Waals surface area contributed by atoms with E-state index in [1.54, 1.807) is 13.8 Å². The summed E-state index contributed by atoms with van der Waals surface area (Å²) >= 11 is 3.50. The molecule has 0 bridgehead atoms. The Morgan fingerprint density at radius 1 is 1.44 bits per heavy atom. The van der Waals surface area contributed by atoms with Crippen molar-refractivity contribution >= 4 is 32.2 Å². The van der Waals surface area contributed by atoms with E-state index in [0.29, 0.717) is 17.3 Å². The molecular weight excluding hydrogens is 324 g/mol. The van der Waals surface area contributed by atoms with Crippen molar-refractivity contribution in [2.75, 3.05) is 6.54 Å². The van der Waals surface area contributed by atoms with Gasteiger partial charge in [0.1, 0.15) is 0 Å². The summed E-state index contributed by atoms with van der Waals surface area (Å²) in [7, 11) is -3.82. The van der Waals surface area contributed by atoms with E-state index >= 15 is 0 Å². The monoisotopic (exact) mass is 342 g/mol. The van der Waals surface area contributed by atoms with Crippen molar-refractivity contribution < 1.29 is 17.9 Å². The van der Waals surface area contributed by atoms with Crippen LogP contribution in [0.2, 0.25) is 0 Å². The summed E-state index contributed by atoms with van der Waals surface area (Å²) in [6, 6.07) is 0. The first kappa shape index (κ1) is 15.7. The van der Waals surface area contributed by atoms with Crippen molar-refractivity contribution in [2.45, 2.75) is 44.0 Å². The molecule has 8 heteroatoms. The van der Waals surface area contributed by atoms with E-state index in [1.165, 1.54) is 0 Å². The van der Waals surface area contributed by atoms with Crippen LogP contribution in [0.4, 0.5) is 4.79 Å². The fourth-order valence-corrected chi connectivity index (χ4v) is 3.40. The molecule has 0 saturated heterocycles. The molecule has 18 heavy (non-hydrogen) atoms. The molecule has 0 spiro atoms. The highest BCUT2D eigenvalue weighted by Gasteiger charge is 2.24. The Morgan fingerprint density at radius 2 is 2.11 bits per heavy atom. The average Bonchev–Trinajstić information content (AvgIpc) is 2.59. The van der Waals surface area contributed by atoms with Crippen LogP contribution in [0.15, 0.2) is 0 Å². The van der Waals surface area contributed by atoms with Crippen molar-refractivity contribution in [3.8, 4) is 0 Å². The predicted molar refractivity (Wildman–Crippen MR) is 71.7 cm³/mol. The highest BCUT2D eigenvalue weighted by atomic mass is 79.9. The fourth-order valence-electron chi connectivity index (χ4n) is 1.81. The van der Waals surface area contributed by atoms with Gasteiger partial charge >= 0.3 is 16.3 Å². The number of ether oxygens (including phenoxy) is 1. The van der Waals surface area contributed by atoms with E-state index in [9.17, 15) is 13.2 Å². The number of hydrogen-bond donors (Lipinski definition) is 2. The van der Waals surface area contributed by atoms with E-state index in [4.69, 9.17) is 4.74 Å². The molecular formula is C10H19BrN2O4S. The molecule has 0 aromatic rings. The second-order valence-corrected chi connectivity index (χ2v) is 7.48. The number of rotatable bonds is 5. The fraction of sp³-hybridized carbons (Fsp3) is 0.900. The maximum absolute atomic E-state index is 11.5. The molecule has 1 rings (SSSR count). The zero-order valence-corrected chi connectivity index (χ0v) is 12.9. The largest absolute Gasteiger partial charge is 0.446 e. The summed E-state index contributed by atoms with van der Waals surface area (Å²) in [5.74, 6) is 0.312. The molecule has 0 heterocycles. The van der Waals surface area contributed by atoms with Gasteiger partial charge in [0.2, 0.25) is 0 Å². The Morgan fingerprint density at radius 3 is 2.61 bits per heavy atom. The van der Waals surface area contributed by atoms with E-state index in [-0.39, 0.29) is 6.10 Å². The third-order valence-corrected chi connectivity index (χ3v) is 4.41. The zero-order chi connectivity index (χ0) is 13.8. The summed E-state index contributed by atoms with van der Waals surface area (Å²) in [6.07, 6.45) is 1.66. The third-order valence-electron chi connectivity index (χ3n) is 2.60. The highest BCUT2D eigenvalue weighted by molar-refractivity contribution is 9.09. The lowest BCUT2D eigenvalue weighted by Crippen LogP contribution is -2.42. The maximum atomic E-state index is 11.5. The van der Waals surface area contributed by atoms with E-state index in [1.807, 2.05) is 4.72 Å². The van der Waals surface area contributed by atoms with Gasteiger partial charge in [0.05, 0.1) is 6.10 Å². The topological polar surface area (TPSA) is 84.5 Å². The van der Waals surface area contributed by atoms with E-state index in [2.05, 4.69) is 20.7 Å². The number of alkyl halides is 1. The first-order valence-corrected chi connectivity index (χ1v) is 8.30. The summed E-state index contributed by atoms with van der Waals surface area (Å²) < 4.78 is 31.9. The van der Waals surface area contributed by atoms with Gasteiger partial charge in [-0.1, -0.05) is 15.9 Å². The summed E-state index contributed by atoms with van der Waals surface area (Å²) in [6.45, 7) is 3.63. The van der Waals surface area contributed by atoms with Crippen LogP contribution in [0.25, 0.3) is 0 Å². The molecule has 106 valence electrons. The third kappa shape index (κ3) is 6.01. The second-order valence-electron chi connectivity index (χ2n) is 4.68. The standard InChI is InChI=1S/C10H19BrN2O4S/c1-7(2)17-10(14)13-18(15,16)12-6-8-3-4-9(11)5-8/h7-9,12H,3-6H2,1-2H3,(H,13,14). The minimum atomic E-state index is -3.82. The van der Waals surface area contributed by atoms with Crippen molar-refractivity contribution in [3.63, 3.8) is 0 Å². The van der Waals surface area contributed by atoms with Crippen LogP contribution in [-0.4, -0.2) is 32.0 Å². The number of amides is 1. The molecule has 0 aromatic heterocycles. The molecule has 1 aliphatic carbocycles. The Labute approximate surface area is 116 Å². The Bertz CT molecular complexity index is 385. The molecule has 0 aromatic carbocycles. The molecule has 1 fully saturated rings. The number of halogens is 1. The summed E-state index contributed by atoms with van der Waals surface area (Å²) in [5, 5.41) is 0. The number of carbonyl (C=O) groups excluding carboxylic acids is 1. The summed E-state index contributed by atoms with van der Waals surface area (Å²) in [5.41, 5.74) is 0. The van der Waals surface area contributed by atoms with E-state index < -0.39 is 16.3 Å². The normalized spacial score (nSPS) is 24.2. The molecule has 6 nitrogen and oxygen atoms in total. The van der Waals surface area contributed by atoms with Gasteiger partial charge in [-0.2, -0.15) is 13.1 Å². The molecule has 2 unspecified atom stereocenters. The summed E-state index contributed by atoms with van der Waals surface area (Å²) in [4.78, 5) is 11.6. The van der Waals surface area contributed by atoms with Gasteiger partial charge in [-0.05, 0) is 39.0 Å². The second kappa shape index (κ2) is 6.72. The van der Waals surface area contributed by atoms with Gasteiger partial charge in [-0.25, -0.2) is 9.52 Å². The molecule has 2 atom stereocenters. The van der Waals surface area contributed by atoms with Crippen molar-refractivity contribution in [1.29, 1.82) is 0 Å². The lowest BCUT2D eigenvalue weighted by molar-refractivity contribution is 0.121. The molecule has 0 aliphatic heterocycles. The van der Waals surface area contributed by atoms with Gasteiger partial charge in [0.25, 0.3) is 0 Å². The average molecular weight is 343 g/mol. The van der Waals surface area contributed by atoms with Gasteiger partial charge < -0.3 is 4.74 Å². The van der Waals surface area contributed by atoms with Crippen LogP contribution in [-0.2, 0) is 14.9 Å². The molecule has 1 aliphatic rings. The minimum absolute atomic E-state index is 0.312. The van der Waals surface area contributed by atoms with Crippen LogP contribution in [0, 0.1) is 5.92 Å². The SMILES string of the molecule is CC(C)OC(=O)NS(=O)(=O)NCC1CCC(Br)C1. The number of hydrogen-bond acceptors (Lipinski definition) is 4. The van der Waals surface area contributed by atoms with Crippen LogP contribution < -0.4 is 9.44 Å². The predicted octanol–water partition coefficient (Wildman–Crippen LogP) is 1.52. The van der Waals surface area contributed by atoms with Crippen molar-refractivity contribution in [3.05, 3.63) is 0 Å². The van der Waals surface area contributed by atoms with Crippen molar-refractivity contribution in [1.82, 2.24) is 9.44 Å². The van der Waals surface area contributed by atoms with Crippen LogP contribution in [0.5, 0.6) is 0 Å². The van der Waals surface area contributed by atoms with Gasteiger partial charge in [-0.15, -0.1) is 0 Å². The van der Waals surface area contributed by atoms with Gasteiger partial charge in [0, 0.05) is 11.4 Å². The molecule has 1 amide bonds. The van der Waals surface area contributed by atoms with Crippen LogP contribution >= 0.6 is 15.9 Å². The smallest absolute Gasteiger partial charge is 0.422 e. The minimum Gasteiger partial charge on any atom is -0.446 e. The Kier molecular flexibility index (Phi) is 5.87. The first-order valence-electron chi connectivity index (χ1n) is 5.90. The van der Waals surface area contributed by atoms with Crippen LogP contribution in [0.1, 0.15) is 33.1 Å². The number of nitrogens with one attached hydrogen (secondary N) is 2. The van der Waals surface area contributed by atoms with Gasteiger partial charge in [-0.3, -0.25) is 0 Å². The zero-order valence-electron chi connectivity index (χ0n) is 10.5. The van der Waals surface area contributed by atoms with E-state index in [0.717, 1.165) is 19.3 Å². The maximum Gasteiger partial charge on any atom is 0.422 e.